The summed E-state index contributed by atoms with van der Waals surface area (Å²) < 4.78 is 0. The number of thiophene rings is 1. The zero-order chi connectivity index (χ0) is 17.8. The van der Waals surface area contributed by atoms with Gasteiger partial charge in [-0.05, 0) is 49.8 Å². The van der Waals surface area contributed by atoms with Gasteiger partial charge in [0.2, 0.25) is 0 Å². The van der Waals surface area contributed by atoms with Gasteiger partial charge in [-0.2, -0.15) is 0 Å². The maximum atomic E-state index is 12.4. The number of nitrogens with zero attached hydrogens (tertiary/aromatic N) is 2. The Balaban J connectivity index is 1.62. The monoisotopic (exact) mass is 358 g/mol. The Morgan fingerprint density at radius 1 is 1.32 bits per heavy atom. The first-order valence-electron chi connectivity index (χ1n) is 8.19. The van der Waals surface area contributed by atoms with Crippen molar-refractivity contribution in [3.05, 3.63) is 52.2 Å². The van der Waals surface area contributed by atoms with E-state index in [1.807, 2.05) is 37.7 Å². The summed E-state index contributed by atoms with van der Waals surface area (Å²) in [5, 5.41) is 7.81. The molecule has 6 nitrogen and oxygen atoms in total. The summed E-state index contributed by atoms with van der Waals surface area (Å²) in [5.74, 6) is -0.110. The van der Waals surface area contributed by atoms with Crippen molar-refractivity contribution in [2.75, 3.05) is 38.6 Å². The van der Waals surface area contributed by atoms with Crippen LogP contribution in [0.1, 0.15) is 21.3 Å². The van der Waals surface area contributed by atoms with Crippen LogP contribution in [-0.4, -0.2) is 50.6 Å². The number of carbonyl (C=O) groups is 2. The molecular formula is C18H22N4O2S. The molecule has 25 heavy (non-hydrogen) atoms. The summed E-state index contributed by atoms with van der Waals surface area (Å²) in [7, 11) is 4.01. The SMILES string of the molecule is CN(C)C(CNC(=O)c1ccc(N2CCNC2=O)cc1)c1cccs1. The second-order valence-corrected chi connectivity index (χ2v) is 7.11. The average Bonchev–Trinajstić information content (AvgIpc) is 3.26. The second kappa shape index (κ2) is 7.67. The minimum atomic E-state index is -0.110. The lowest BCUT2D eigenvalue weighted by Crippen LogP contribution is -2.34. The molecule has 132 valence electrons. The molecule has 7 heteroatoms. The lowest BCUT2D eigenvalue weighted by molar-refractivity contribution is 0.0942. The first-order chi connectivity index (χ1) is 12.1. The number of urea groups is 1. The Kier molecular flexibility index (Phi) is 5.35. The molecule has 1 atom stereocenters. The molecule has 1 saturated heterocycles. The molecular weight excluding hydrogens is 336 g/mol. The van der Waals surface area contributed by atoms with Crippen LogP contribution in [0.25, 0.3) is 0 Å². The number of carbonyl (C=O) groups excluding carboxylic acids is 2. The fourth-order valence-corrected chi connectivity index (χ4v) is 3.74. The maximum Gasteiger partial charge on any atom is 0.321 e. The van der Waals surface area contributed by atoms with E-state index < -0.39 is 0 Å². The van der Waals surface area contributed by atoms with Crippen LogP contribution in [-0.2, 0) is 0 Å². The summed E-state index contributed by atoms with van der Waals surface area (Å²) in [5.41, 5.74) is 1.39. The van der Waals surface area contributed by atoms with Gasteiger partial charge in [-0.3, -0.25) is 9.69 Å². The van der Waals surface area contributed by atoms with E-state index in [2.05, 4.69) is 21.6 Å². The number of amides is 3. The van der Waals surface area contributed by atoms with E-state index in [0.717, 1.165) is 5.69 Å². The fourth-order valence-electron chi connectivity index (χ4n) is 2.82. The van der Waals surface area contributed by atoms with E-state index in [0.29, 0.717) is 25.2 Å². The van der Waals surface area contributed by atoms with Gasteiger partial charge in [-0.15, -0.1) is 11.3 Å². The molecule has 2 heterocycles. The van der Waals surface area contributed by atoms with Crippen molar-refractivity contribution in [3.8, 4) is 0 Å². The van der Waals surface area contributed by atoms with E-state index in [-0.39, 0.29) is 18.0 Å². The maximum absolute atomic E-state index is 12.4. The van der Waals surface area contributed by atoms with Gasteiger partial charge < -0.3 is 15.5 Å². The topological polar surface area (TPSA) is 64.7 Å². The Morgan fingerprint density at radius 3 is 2.64 bits per heavy atom. The third-order valence-electron chi connectivity index (χ3n) is 4.25. The highest BCUT2D eigenvalue weighted by molar-refractivity contribution is 7.10. The smallest absolute Gasteiger partial charge is 0.321 e. The molecule has 0 spiro atoms. The molecule has 1 aromatic carbocycles. The van der Waals surface area contributed by atoms with Crippen LogP contribution < -0.4 is 15.5 Å². The molecule has 1 aliphatic rings. The van der Waals surface area contributed by atoms with E-state index in [4.69, 9.17) is 0 Å². The predicted octanol–water partition coefficient (Wildman–Crippen LogP) is 2.31. The molecule has 3 amide bonds. The summed E-state index contributed by atoms with van der Waals surface area (Å²) >= 11 is 1.69. The minimum Gasteiger partial charge on any atom is -0.350 e. The van der Waals surface area contributed by atoms with Crippen molar-refractivity contribution >= 4 is 29.0 Å². The van der Waals surface area contributed by atoms with Crippen molar-refractivity contribution in [2.45, 2.75) is 6.04 Å². The normalized spacial score (nSPS) is 15.3. The van der Waals surface area contributed by atoms with Gasteiger partial charge >= 0.3 is 6.03 Å². The number of rotatable bonds is 6. The highest BCUT2D eigenvalue weighted by Crippen LogP contribution is 2.22. The number of benzene rings is 1. The molecule has 0 bridgehead atoms. The molecule has 0 aliphatic carbocycles. The molecule has 0 radical (unpaired) electrons. The number of nitrogens with one attached hydrogen (secondary N) is 2. The van der Waals surface area contributed by atoms with Crippen molar-refractivity contribution < 1.29 is 9.59 Å². The van der Waals surface area contributed by atoms with Crippen molar-refractivity contribution in [3.63, 3.8) is 0 Å². The lowest BCUT2D eigenvalue weighted by Gasteiger charge is -2.23. The quantitative estimate of drug-likeness (QED) is 0.833. The molecule has 1 aliphatic heterocycles. The number of hydrogen-bond donors (Lipinski definition) is 2. The zero-order valence-electron chi connectivity index (χ0n) is 14.4. The van der Waals surface area contributed by atoms with Gasteiger partial charge in [0.15, 0.2) is 0 Å². The summed E-state index contributed by atoms with van der Waals surface area (Å²) in [6, 6.07) is 11.3. The molecule has 1 fully saturated rings. The van der Waals surface area contributed by atoms with Gasteiger partial charge in [0.25, 0.3) is 5.91 Å². The molecule has 2 aromatic rings. The number of likely N-dealkylation sites (N-methyl/N-ethyl adjacent to an activating group) is 1. The van der Waals surface area contributed by atoms with Crippen molar-refractivity contribution in [1.82, 2.24) is 15.5 Å². The van der Waals surface area contributed by atoms with Crippen LogP contribution in [0.4, 0.5) is 10.5 Å². The lowest BCUT2D eigenvalue weighted by atomic mass is 10.1. The van der Waals surface area contributed by atoms with Crippen molar-refractivity contribution in [2.24, 2.45) is 0 Å². The first-order valence-corrected chi connectivity index (χ1v) is 9.07. The largest absolute Gasteiger partial charge is 0.350 e. The molecule has 1 aromatic heterocycles. The van der Waals surface area contributed by atoms with E-state index in [1.165, 1.54) is 4.88 Å². The summed E-state index contributed by atoms with van der Waals surface area (Å²) in [4.78, 5) is 29.1. The van der Waals surface area contributed by atoms with Gasteiger partial charge in [-0.1, -0.05) is 6.07 Å². The Bertz CT molecular complexity index is 728. The van der Waals surface area contributed by atoms with Crippen LogP contribution in [0.5, 0.6) is 0 Å². The van der Waals surface area contributed by atoms with Crippen LogP contribution in [0, 0.1) is 0 Å². The van der Waals surface area contributed by atoms with E-state index in [1.54, 1.807) is 28.4 Å². The highest BCUT2D eigenvalue weighted by atomic mass is 32.1. The fraction of sp³-hybridized carbons (Fsp3) is 0.333. The van der Waals surface area contributed by atoms with Crippen molar-refractivity contribution in [1.29, 1.82) is 0 Å². The van der Waals surface area contributed by atoms with Crippen LogP contribution in [0.2, 0.25) is 0 Å². The Hall–Kier alpha value is -2.38. The van der Waals surface area contributed by atoms with E-state index in [9.17, 15) is 9.59 Å². The van der Waals surface area contributed by atoms with Gasteiger partial charge in [-0.25, -0.2) is 4.79 Å². The summed E-state index contributed by atoms with van der Waals surface area (Å²) in [6.45, 7) is 1.84. The van der Waals surface area contributed by atoms with Gasteiger partial charge in [0.1, 0.15) is 0 Å². The first kappa shape index (κ1) is 17.4. The Morgan fingerprint density at radius 2 is 2.08 bits per heavy atom. The Labute approximate surface area is 151 Å². The van der Waals surface area contributed by atoms with Gasteiger partial charge in [0.05, 0.1) is 6.04 Å². The third-order valence-corrected chi connectivity index (χ3v) is 5.22. The van der Waals surface area contributed by atoms with Crippen LogP contribution >= 0.6 is 11.3 Å². The molecule has 2 N–H and O–H groups in total. The second-order valence-electron chi connectivity index (χ2n) is 6.14. The molecule has 0 saturated carbocycles. The predicted molar refractivity (Wildman–Crippen MR) is 100 cm³/mol. The van der Waals surface area contributed by atoms with Crippen LogP contribution in [0.15, 0.2) is 41.8 Å². The average molecular weight is 358 g/mol. The zero-order valence-corrected chi connectivity index (χ0v) is 15.2. The van der Waals surface area contributed by atoms with Crippen LogP contribution in [0.3, 0.4) is 0 Å². The third kappa shape index (κ3) is 4.00. The number of hydrogen-bond acceptors (Lipinski definition) is 4. The van der Waals surface area contributed by atoms with Gasteiger partial charge in [0, 0.05) is 35.8 Å². The highest BCUT2D eigenvalue weighted by Gasteiger charge is 2.21. The van der Waals surface area contributed by atoms with E-state index >= 15 is 0 Å². The number of anilines is 1. The molecule has 3 rings (SSSR count). The minimum absolute atomic E-state index is 0.0954. The standard InChI is InChI=1S/C18H22N4O2S/c1-21(2)15(16-4-3-11-25-16)12-20-17(23)13-5-7-14(8-6-13)22-10-9-19-18(22)24/h3-8,11,15H,9-10,12H2,1-2H3,(H,19,24)(H,20,23). The summed E-state index contributed by atoms with van der Waals surface area (Å²) in [6.07, 6.45) is 0. The molecule has 1 unspecified atom stereocenters.